The van der Waals surface area contributed by atoms with Crippen LogP contribution in [0.25, 0.3) is 0 Å². The summed E-state index contributed by atoms with van der Waals surface area (Å²) in [5.41, 5.74) is 0. The lowest BCUT2D eigenvalue weighted by Gasteiger charge is -2.18. The molecule has 0 aromatic rings. The molecule has 7 nitrogen and oxygen atoms in total. The molecule has 20 heavy (non-hydrogen) atoms. The molecule has 1 fully saturated rings. The SMILES string of the molecule is C#CCN(CC(=O)O)C(=O)NCCCC(=O)NC1CC1. The number of carbonyl (C=O) groups excluding carboxylic acids is 2. The second kappa shape index (κ2) is 8.04. The van der Waals surface area contributed by atoms with Crippen molar-refractivity contribution in [2.75, 3.05) is 19.6 Å². The zero-order valence-corrected chi connectivity index (χ0v) is 11.2. The first-order valence-corrected chi connectivity index (χ1v) is 6.50. The fourth-order valence-electron chi connectivity index (χ4n) is 1.56. The molecule has 0 spiro atoms. The molecule has 1 rings (SSSR count). The van der Waals surface area contributed by atoms with Crippen molar-refractivity contribution in [2.45, 2.75) is 31.7 Å². The predicted octanol–water partition coefficient (Wildman–Crippen LogP) is -0.225. The maximum atomic E-state index is 11.7. The molecule has 0 saturated heterocycles. The van der Waals surface area contributed by atoms with Crippen LogP contribution in [-0.4, -0.2) is 53.6 Å². The third-order valence-corrected chi connectivity index (χ3v) is 2.69. The van der Waals surface area contributed by atoms with E-state index in [0.29, 0.717) is 25.4 Å². The number of carbonyl (C=O) groups is 3. The van der Waals surface area contributed by atoms with Crippen LogP contribution in [0, 0.1) is 12.3 Å². The number of carboxylic acid groups (broad SMARTS) is 1. The van der Waals surface area contributed by atoms with Gasteiger partial charge in [0.15, 0.2) is 0 Å². The van der Waals surface area contributed by atoms with Gasteiger partial charge in [-0.2, -0.15) is 0 Å². The van der Waals surface area contributed by atoms with Crippen LogP contribution in [0.2, 0.25) is 0 Å². The Bertz CT molecular complexity index is 412. The molecule has 1 aliphatic carbocycles. The van der Waals surface area contributed by atoms with E-state index in [1.807, 2.05) is 0 Å². The summed E-state index contributed by atoms with van der Waals surface area (Å²) in [7, 11) is 0. The molecule has 0 unspecified atom stereocenters. The highest BCUT2D eigenvalue weighted by molar-refractivity contribution is 5.80. The summed E-state index contributed by atoms with van der Waals surface area (Å²) in [6.45, 7) is -0.212. The Morgan fingerprint density at radius 2 is 2.05 bits per heavy atom. The van der Waals surface area contributed by atoms with E-state index in [0.717, 1.165) is 17.7 Å². The van der Waals surface area contributed by atoms with Crippen molar-refractivity contribution >= 4 is 17.9 Å². The number of urea groups is 1. The lowest BCUT2D eigenvalue weighted by molar-refractivity contribution is -0.137. The van der Waals surface area contributed by atoms with Crippen molar-refractivity contribution in [1.82, 2.24) is 15.5 Å². The first-order chi connectivity index (χ1) is 9.52. The molecule has 0 heterocycles. The van der Waals surface area contributed by atoms with Gasteiger partial charge in [-0.25, -0.2) is 4.79 Å². The molecule has 110 valence electrons. The molecule has 0 atom stereocenters. The lowest BCUT2D eigenvalue weighted by atomic mass is 10.3. The van der Waals surface area contributed by atoms with Gasteiger partial charge in [-0.3, -0.25) is 9.59 Å². The van der Waals surface area contributed by atoms with E-state index < -0.39 is 18.5 Å². The number of rotatable bonds is 8. The number of aliphatic carboxylic acids is 1. The third kappa shape index (κ3) is 6.64. The van der Waals surface area contributed by atoms with Gasteiger partial charge >= 0.3 is 12.0 Å². The third-order valence-electron chi connectivity index (χ3n) is 2.69. The zero-order chi connectivity index (χ0) is 15.0. The van der Waals surface area contributed by atoms with Gasteiger partial charge in [-0.15, -0.1) is 6.42 Å². The summed E-state index contributed by atoms with van der Waals surface area (Å²) in [5.74, 6) is 1.08. The smallest absolute Gasteiger partial charge is 0.323 e. The van der Waals surface area contributed by atoms with Gasteiger partial charge in [0.05, 0.1) is 6.54 Å². The topological polar surface area (TPSA) is 98.7 Å². The molecule has 3 amide bonds. The second-order valence-corrected chi connectivity index (χ2v) is 4.63. The molecule has 0 aromatic heterocycles. The van der Waals surface area contributed by atoms with Crippen LogP contribution >= 0.6 is 0 Å². The van der Waals surface area contributed by atoms with Crippen molar-refractivity contribution in [2.24, 2.45) is 0 Å². The molecule has 0 aromatic carbocycles. The highest BCUT2D eigenvalue weighted by Crippen LogP contribution is 2.18. The fraction of sp³-hybridized carbons (Fsp3) is 0.615. The molecule has 0 bridgehead atoms. The van der Waals surface area contributed by atoms with Crippen LogP contribution in [0.15, 0.2) is 0 Å². The van der Waals surface area contributed by atoms with Crippen LogP contribution in [0.1, 0.15) is 25.7 Å². The number of terminal acetylenes is 1. The van der Waals surface area contributed by atoms with Crippen molar-refractivity contribution < 1.29 is 19.5 Å². The number of hydrogen-bond donors (Lipinski definition) is 3. The molecule has 1 saturated carbocycles. The summed E-state index contributed by atoms with van der Waals surface area (Å²) in [6.07, 6.45) is 7.99. The Balaban J connectivity index is 2.17. The minimum Gasteiger partial charge on any atom is -0.480 e. The molecule has 0 aliphatic heterocycles. The van der Waals surface area contributed by atoms with Crippen LogP contribution < -0.4 is 10.6 Å². The second-order valence-electron chi connectivity index (χ2n) is 4.63. The highest BCUT2D eigenvalue weighted by atomic mass is 16.4. The van der Waals surface area contributed by atoms with E-state index >= 15 is 0 Å². The monoisotopic (exact) mass is 281 g/mol. The average Bonchev–Trinajstić information content (AvgIpc) is 3.17. The van der Waals surface area contributed by atoms with Gasteiger partial charge in [0.2, 0.25) is 5.91 Å². The maximum Gasteiger partial charge on any atom is 0.323 e. The minimum absolute atomic E-state index is 0.0206. The quantitative estimate of drug-likeness (QED) is 0.423. The van der Waals surface area contributed by atoms with Crippen molar-refractivity contribution in [3.05, 3.63) is 0 Å². The van der Waals surface area contributed by atoms with Crippen LogP contribution in [-0.2, 0) is 9.59 Å². The van der Waals surface area contributed by atoms with Gasteiger partial charge in [-0.05, 0) is 19.3 Å². The Labute approximate surface area is 117 Å². The summed E-state index contributed by atoms with van der Waals surface area (Å²) in [4.78, 5) is 34.6. The summed E-state index contributed by atoms with van der Waals surface area (Å²) in [6, 6.07) is -0.202. The van der Waals surface area contributed by atoms with Gasteiger partial charge < -0.3 is 20.6 Å². The Morgan fingerprint density at radius 1 is 1.35 bits per heavy atom. The van der Waals surface area contributed by atoms with E-state index in [1.54, 1.807) is 0 Å². The lowest BCUT2D eigenvalue weighted by Crippen LogP contribution is -2.43. The minimum atomic E-state index is -1.13. The van der Waals surface area contributed by atoms with Crippen LogP contribution in [0.4, 0.5) is 4.79 Å². The highest BCUT2D eigenvalue weighted by Gasteiger charge is 2.22. The standard InChI is InChI=1S/C13H19N3O4/c1-2-8-16(9-12(18)19)13(20)14-7-3-4-11(17)15-10-5-6-10/h1,10H,3-9H2,(H,14,20)(H,15,17)(H,18,19). The van der Waals surface area contributed by atoms with Crippen molar-refractivity contribution in [1.29, 1.82) is 0 Å². The van der Waals surface area contributed by atoms with Crippen molar-refractivity contribution in [3.8, 4) is 12.3 Å². The Morgan fingerprint density at radius 3 is 2.60 bits per heavy atom. The summed E-state index contributed by atoms with van der Waals surface area (Å²) in [5, 5.41) is 14.0. The first kappa shape index (κ1) is 15.8. The van der Waals surface area contributed by atoms with Crippen molar-refractivity contribution in [3.63, 3.8) is 0 Å². The molecular weight excluding hydrogens is 262 g/mol. The van der Waals surface area contributed by atoms with E-state index in [-0.39, 0.29) is 12.5 Å². The predicted molar refractivity (Wildman–Crippen MR) is 71.8 cm³/mol. The largest absolute Gasteiger partial charge is 0.480 e. The van der Waals surface area contributed by atoms with Gasteiger partial charge in [0.25, 0.3) is 0 Å². The van der Waals surface area contributed by atoms with Gasteiger partial charge in [0, 0.05) is 19.0 Å². The number of amides is 3. The van der Waals surface area contributed by atoms with Gasteiger partial charge in [-0.1, -0.05) is 5.92 Å². The Kier molecular flexibility index (Phi) is 6.37. The number of hydrogen-bond acceptors (Lipinski definition) is 3. The molecule has 3 N–H and O–H groups in total. The number of carboxylic acids is 1. The van der Waals surface area contributed by atoms with Crippen LogP contribution in [0.3, 0.4) is 0 Å². The normalized spacial score (nSPS) is 13.2. The maximum absolute atomic E-state index is 11.7. The van der Waals surface area contributed by atoms with Gasteiger partial charge in [0.1, 0.15) is 6.54 Å². The zero-order valence-electron chi connectivity index (χ0n) is 11.2. The Hall–Kier alpha value is -2.23. The average molecular weight is 281 g/mol. The molecule has 1 aliphatic rings. The van der Waals surface area contributed by atoms with Crippen LogP contribution in [0.5, 0.6) is 0 Å². The van der Waals surface area contributed by atoms with E-state index in [1.165, 1.54) is 0 Å². The first-order valence-electron chi connectivity index (χ1n) is 6.50. The molecule has 7 heteroatoms. The fourth-order valence-corrected chi connectivity index (χ4v) is 1.56. The number of nitrogens with zero attached hydrogens (tertiary/aromatic N) is 1. The van der Waals surface area contributed by atoms with E-state index in [4.69, 9.17) is 11.5 Å². The molecule has 0 radical (unpaired) electrons. The van der Waals surface area contributed by atoms with E-state index in [9.17, 15) is 14.4 Å². The number of nitrogens with one attached hydrogen (secondary N) is 2. The summed E-state index contributed by atoms with van der Waals surface area (Å²) < 4.78 is 0. The van der Waals surface area contributed by atoms with E-state index in [2.05, 4.69) is 16.6 Å². The molecular formula is C13H19N3O4. The summed E-state index contributed by atoms with van der Waals surface area (Å²) >= 11 is 0.